The first-order chi connectivity index (χ1) is 19.0. The van der Waals surface area contributed by atoms with E-state index < -0.39 is 0 Å². The molecule has 0 unspecified atom stereocenters. The Labute approximate surface area is 226 Å². The molecule has 198 valence electrons. The molecular formula is C32H32FN5O. The van der Waals surface area contributed by atoms with E-state index in [1.54, 1.807) is 16.8 Å². The monoisotopic (exact) mass is 521 g/mol. The molecule has 39 heavy (non-hydrogen) atoms. The maximum absolute atomic E-state index is 14.3. The number of rotatable bonds is 6. The minimum Gasteiger partial charge on any atom is -0.353 e. The highest BCUT2D eigenvalue weighted by Gasteiger charge is 2.28. The topological polar surface area (TPSA) is 69.7 Å². The fourth-order valence-electron chi connectivity index (χ4n) is 6.07. The van der Waals surface area contributed by atoms with E-state index >= 15 is 0 Å². The number of nitrogens with zero attached hydrogens (tertiary/aromatic N) is 3. The Morgan fingerprint density at radius 2 is 1.87 bits per heavy atom. The van der Waals surface area contributed by atoms with E-state index in [4.69, 9.17) is 0 Å². The number of aromatic amines is 2. The van der Waals surface area contributed by atoms with Gasteiger partial charge in [0.1, 0.15) is 11.3 Å². The first-order valence-corrected chi connectivity index (χ1v) is 14.0. The van der Waals surface area contributed by atoms with Gasteiger partial charge in [-0.2, -0.15) is 5.10 Å². The van der Waals surface area contributed by atoms with Crippen molar-refractivity contribution >= 4 is 10.9 Å². The number of nitrogens with one attached hydrogen (secondary N) is 2. The van der Waals surface area contributed by atoms with Gasteiger partial charge in [0.05, 0.1) is 11.9 Å². The van der Waals surface area contributed by atoms with E-state index in [0.29, 0.717) is 11.4 Å². The fourth-order valence-corrected chi connectivity index (χ4v) is 6.07. The van der Waals surface area contributed by atoms with Crippen molar-refractivity contribution in [2.75, 3.05) is 13.1 Å². The molecule has 1 saturated carbocycles. The Balaban J connectivity index is 1.32. The second-order valence-electron chi connectivity index (χ2n) is 11.1. The largest absolute Gasteiger partial charge is 0.353 e. The molecule has 0 radical (unpaired) electrons. The number of halogens is 1. The van der Waals surface area contributed by atoms with Gasteiger partial charge in [0, 0.05) is 35.1 Å². The van der Waals surface area contributed by atoms with Crippen LogP contribution in [0, 0.1) is 12.7 Å². The van der Waals surface area contributed by atoms with Crippen LogP contribution in [0.25, 0.3) is 39.0 Å². The summed E-state index contributed by atoms with van der Waals surface area (Å²) in [5.41, 5.74) is 8.07. The van der Waals surface area contributed by atoms with Crippen LogP contribution in [0.4, 0.5) is 4.39 Å². The van der Waals surface area contributed by atoms with Gasteiger partial charge in [-0.1, -0.05) is 24.6 Å². The van der Waals surface area contributed by atoms with Crippen molar-refractivity contribution in [3.8, 4) is 28.1 Å². The van der Waals surface area contributed by atoms with Crippen LogP contribution in [-0.2, 0) is 6.54 Å². The van der Waals surface area contributed by atoms with Crippen molar-refractivity contribution in [3.05, 3.63) is 93.9 Å². The van der Waals surface area contributed by atoms with Gasteiger partial charge in [0.15, 0.2) is 0 Å². The normalized spacial score (nSPS) is 16.3. The van der Waals surface area contributed by atoms with Crippen LogP contribution in [-0.4, -0.2) is 37.7 Å². The molecule has 3 aromatic heterocycles. The van der Waals surface area contributed by atoms with Crippen LogP contribution in [0.5, 0.6) is 0 Å². The van der Waals surface area contributed by atoms with E-state index in [2.05, 4.69) is 26.1 Å². The summed E-state index contributed by atoms with van der Waals surface area (Å²) in [5, 5.41) is 8.22. The molecule has 2 fully saturated rings. The number of piperidine rings is 1. The summed E-state index contributed by atoms with van der Waals surface area (Å²) < 4.78 is 16.1. The quantitative estimate of drug-likeness (QED) is 0.262. The van der Waals surface area contributed by atoms with Gasteiger partial charge < -0.3 is 4.98 Å². The van der Waals surface area contributed by atoms with Gasteiger partial charge in [-0.15, -0.1) is 0 Å². The molecule has 0 amide bonds. The second kappa shape index (κ2) is 9.65. The molecule has 0 spiro atoms. The molecule has 2 aliphatic rings. The Kier molecular flexibility index (Phi) is 5.96. The summed E-state index contributed by atoms with van der Waals surface area (Å²) in [5.74, 6) is 0.190. The van der Waals surface area contributed by atoms with Crippen LogP contribution >= 0.6 is 0 Å². The summed E-state index contributed by atoms with van der Waals surface area (Å²) >= 11 is 0. The Bertz CT molecular complexity index is 1740. The third-order valence-corrected chi connectivity index (χ3v) is 8.26. The third kappa shape index (κ3) is 4.51. The van der Waals surface area contributed by atoms with E-state index in [9.17, 15) is 9.18 Å². The zero-order chi connectivity index (χ0) is 26.5. The molecule has 7 rings (SSSR count). The van der Waals surface area contributed by atoms with Crippen LogP contribution in [0.3, 0.4) is 0 Å². The zero-order valence-electron chi connectivity index (χ0n) is 22.1. The van der Waals surface area contributed by atoms with Crippen molar-refractivity contribution in [2.24, 2.45) is 0 Å². The third-order valence-electron chi connectivity index (χ3n) is 8.26. The smallest absolute Gasteiger partial charge is 0.279 e. The summed E-state index contributed by atoms with van der Waals surface area (Å²) in [7, 11) is 0. The predicted molar refractivity (Wildman–Crippen MR) is 153 cm³/mol. The lowest BCUT2D eigenvalue weighted by atomic mass is 9.95. The Hall–Kier alpha value is -3.97. The molecule has 2 aromatic carbocycles. The van der Waals surface area contributed by atoms with Gasteiger partial charge in [-0.25, -0.2) is 4.39 Å². The average Bonchev–Trinajstić information content (AvgIpc) is 3.56. The number of pyridine rings is 1. The first-order valence-electron chi connectivity index (χ1n) is 14.0. The van der Waals surface area contributed by atoms with E-state index in [1.807, 2.05) is 37.4 Å². The van der Waals surface area contributed by atoms with Crippen molar-refractivity contribution in [1.82, 2.24) is 24.6 Å². The number of aromatic nitrogens is 4. The number of benzene rings is 2. The Morgan fingerprint density at radius 3 is 2.64 bits per heavy atom. The number of hydrogen-bond acceptors (Lipinski definition) is 3. The van der Waals surface area contributed by atoms with E-state index in [0.717, 1.165) is 77.2 Å². The molecule has 2 N–H and O–H groups in total. The highest BCUT2D eigenvalue weighted by Crippen LogP contribution is 2.43. The SMILES string of the molecule is Cc1cn[nH]c1-c1cc(F)ccc1-c1cccc(-n2cc(C3CC3)c3cc(CN4CCCCC4)[nH]c3c2=O)c1. The molecule has 4 heterocycles. The number of hydrogen-bond donors (Lipinski definition) is 2. The highest BCUT2D eigenvalue weighted by molar-refractivity contribution is 5.85. The van der Waals surface area contributed by atoms with Gasteiger partial charge in [0.25, 0.3) is 5.56 Å². The fraction of sp³-hybridized carbons (Fsp3) is 0.312. The summed E-state index contributed by atoms with van der Waals surface area (Å²) in [6, 6.07) is 15.0. The van der Waals surface area contributed by atoms with Crippen molar-refractivity contribution in [2.45, 2.75) is 51.5 Å². The van der Waals surface area contributed by atoms with Crippen molar-refractivity contribution in [3.63, 3.8) is 0 Å². The minimum absolute atomic E-state index is 0.0415. The molecule has 7 heteroatoms. The van der Waals surface area contributed by atoms with Crippen LogP contribution in [0.15, 0.2) is 65.7 Å². The molecule has 1 aliphatic heterocycles. The number of likely N-dealkylation sites (tertiary alicyclic amines) is 1. The van der Waals surface area contributed by atoms with Crippen LogP contribution < -0.4 is 5.56 Å². The van der Waals surface area contributed by atoms with Gasteiger partial charge in [0.2, 0.25) is 0 Å². The zero-order valence-corrected chi connectivity index (χ0v) is 22.1. The molecule has 1 saturated heterocycles. The first kappa shape index (κ1) is 24.1. The lowest BCUT2D eigenvalue weighted by Gasteiger charge is -2.25. The Morgan fingerprint density at radius 1 is 1.03 bits per heavy atom. The average molecular weight is 522 g/mol. The molecule has 0 atom stereocenters. The number of fused-ring (bicyclic) bond motifs is 1. The van der Waals surface area contributed by atoms with Crippen LogP contribution in [0.1, 0.15) is 54.8 Å². The highest BCUT2D eigenvalue weighted by atomic mass is 19.1. The minimum atomic E-state index is -0.304. The summed E-state index contributed by atoms with van der Waals surface area (Å²) in [4.78, 5) is 19.9. The molecule has 6 nitrogen and oxygen atoms in total. The lowest BCUT2D eigenvalue weighted by molar-refractivity contribution is 0.219. The van der Waals surface area contributed by atoms with Crippen molar-refractivity contribution in [1.29, 1.82) is 0 Å². The van der Waals surface area contributed by atoms with Gasteiger partial charge in [-0.05, 0) is 104 Å². The summed E-state index contributed by atoms with van der Waals surface area (Å²) in [6.45, 7) is 5.04. The number of H-pyrrole nitrogens is 2. The molecule has 0 bridgehead atoms. The van der Waals surface area contributed by atoms with Gasteiger partial charge in [-0.3, -0.25) is 19.4 Å². The van der Waals surface area contributed by atoms with E-state index in [-0.39, 0.29) is 11.4 Å². The molecule has 5 aromatic rings. The predicted octanol–water partition coefficient (Wildman–Crippen LogP) is 6.69. The van der Waals surface area contributed by atoms with Crippen LogP contribution in [0.2, 0.25) is 0 Å². The maximum atomic E-state index is 14.3. The number of aryl methyl sites for hydroxylation is 1. The van der Waals surface area contributed by atoms with Crippen molar-refractivity contribution < 1.29 is 4.39 Å². The standard InChI is InChI=1S/C32H32FN5O/c1-20-17-34-36-30(20)27-15-23(33)10-11-26(27)22-6-5-7-25(14-22)38-19-29(21-8-9-21)28-16-24(35-31(28)32(38)39)18-37-12-3-2-4-13-37/h5-7,10-11,14-17,19,21,35H,2-4,8-9,12-13,18H2,1H3,(H,34,36). The molecular weight excluding hydrogens is 489 g/mol. The van der Waals surface area contributed by atoms with Gasteiger partial charge >= 0.3 is 0 Å². The lowest BCUT2D eigenvalue weighted by Crippen LogP contribution is -2.29. The van der Waals surface area contributed by atoms with E-state index in [1.165, 1.54) is 37.0 Å². The molecule has 1 aliphatic carbocycles. The maximum Gasteiger partial charge on any atom is 0.279 e. The second-order valence-corrected chi connectivity index (χ2v) is 11.1. The summed E-state index contributed by atoms with van der Waals surface area (Å²) in [6.07, 6.45) is 9.89.